The molecular weight excluding hydrogens is 465 g/mol. The fraction of sp³-hybridized carbons (Fsp3) is 0.233. The van der Waals surface area contributed by atoms with Crippen molar-refractivity contribution in [3.63, 3.8) is 0 Å². The van der Waals surface area contributed by atoms with Crippen LogP contribution in [0.2, 0.25) is 0 Å². The van der Waals surface area contributed by atoms with Crippen molar-refractivity contribution < 1.29 is 9.18 Å². The summed E-state index contributed by atoms with van der Waals surface area (Å²) in [6, 6.07) is 20.9. The van der Waals surface area contributed by atoms with Crippen molar-refractivity contribution in [3.05, 3.63) is 113 Å². The fourth-order valence-electron chi connectivity index (χ4n) is 6.27. The number of carbonyl (C=O) groups is 1. The molecule has 1 saturated carbocycles. The molecular formula is C30H28FN5O. The number of hydrogen-bond donors (Lipinski definition) is 2. The lowest BCUT2D eigenvalue weighted by atomic mass is 9.85. The molecule has 2 fully saturated rings. The van der Waals surface area contributed by atoms with Gasteiger partial charge < -0.3 is 15.6 Å². The number of halogens is 1. The van der Waals surface area contributed by atoms with Crippen molar-refractivity contribution in [1.29, 1.82) is 5.41 Å². The zero-order valence-electron chi connectivity index (χ0n) is 20.8. The number of benzene rings is 3. The third kappa shape index (κ3) is 3.82. The van der Waals surface area contributed by atoms with Crippen LogP contribution in [-0.4, -0.2) is 39.9 Å². The van der Waals surface area contributed by atoms with Gasteiger partial charge in [0.25, 0.3) is 5.91 Å². The topological polar surface area (TPSA) is 74.0 Å². The van der Waals surface area contributed by atoms with Gasteiger partial charge in [-0.25, -0.2) is 4.39 Å². The van der Waals surface area contributed by atoms with Crippen LogP contribution in [0.3, 0.4) is 0 Å². The van der Waals surface area contributed by atoms with Crippen LogP contribution >= 0.6 is 0 Å². The van der Waals surface area contributed by atoms with E-state index in [0.29, 0.717) is 30.5 Å². The number of nitrogens with zero attached hydrogens (tertiary/aromatic N) is 3. The number of aryl methyl sites for hydroxylation is 2. The molecule has 0 radical (unpaired) electrons. The third-order valence-electron chi connectivity index (χ3n) is 7.95. The Morgan fingerprint density at radius 1 is 1.16 bits per heavy atom. The van der Waals surface area contributed by atoms with Crippen molar-refractivity contribution in [2.75, 3.05) is 18.4 Å². The average molecular weight is 494 g/mol. The number of carbonyl (C=O) groups excluding carboxylic acids is 1. The largest absolute Gasteiger partial charge is 0.355 e. The molecule has 186 valence electrons. The highest BCUT2D eigenvalue weighted by Crippen LogP contribution is 2.69. The summed E-state index contributed by atoms with van der Waals surface area (Å²) < 4.78 is 15.0. The summed E-state index contributed by atoms with van der Waals surface area (Å²) in [6.07, 6.45) is 4.75. The maximum absolute atomic E-state index is 13.4. The van der Waals surface area contributed by atoms with Crippen molar-refractivity contribution >= 4 is 23.5 Å². The third-order valence-corrected chi connectivity index (χ3v) is 7.95. The number of aromatic nitrogens is 2. The number of amides is 1. The summed E-state index contributed by atoms with van der Waals surface area (Å²) >= 11 is 0. The Labute approximate surface area is 215 Å². The number of rotatable bonds is 6. The molecule has 1 saturated heterocycles. The molecule has 1 amide bonds. The highest BCUT2D eigenvalue weighted by atomic mass is 19.1. The van der Waals surface area contributed by atoms with Crippen LogP contribution in [0, 0.1) is 24.1 Å². The van der Waals surface area contributed by atoms with Crippen molar-refractivity contribution in [3.8, 4) is 0 Å². The Balaban J connectivity index is 1.38. The van der Waals surface area contributed by atoms with Crippen LogP contribution in [0.15, 0.2) is 79.1 Å². The van der Waals surface area contributed by atoms with E-state index in [0.717, 1.165) is 22.5 Å². The Hall–Kier alpha value is -4.26. The average Bonchev–Trinajstić information content (AvgIpc) is 3.17. The van der Waals surface area contributed by atoms with E-state index in [1.807, 2.05) is 18.0 Å². The molecule has 4 aromatic rings. The first kappa shape index (κ1) is 23.2. The molecule has 0 spiro atoms. The van der Waals surface area contributed by atoms with Crippen molar-refractivity contribution in [2.45, 2.75) is 18.3 Å². The van der Waals surface area contributed by atoms with E-state index in [-0.39, 0.29) is 17.1 Å². The van der Waals surface area contributed by atoms with Gasteiger partial charge in [0.1, 0.15) is 5.82 Å². The number of hydrogen-bond acceptors (Lipinski definition) is 4. The predicted molar refractivity (Wildman–Crippen MR) is 142 cm³/mol. The van der Waals surface area contributed by atoms with Gasteiger partial charge in [-0.1, -0.05) is 30.3 Å². The van der Waals surface area contributed by atoms with Gasteiger partial charge in [0, 0.05) is 60.8 Å². The monoisotopic (exact) mass is 493 g/mol. The Kier molecular flexibility index (Phi) is 5.44. The molecule has 7 heteroatoms. The predicted octanol–water partition coefficient (Wildman–Crippen LogP) is 5.42. The highest BCUT2D eigenvalue weighted by molar-refractivity contribution is 5.94. The standard InChI is InChI=1S/C30H28FN5O/c1-19-12-27(34-24-10-8-23(31)9-11-24)21(14-32)13-25(19)30-18-36(29(37)22-15-33-35(2)16-22)17-26(30)28(30)20-6-4-3-5-7-20/h3-16,26,28,32,34H,17-18H2,1-2H3. The molecule has 2 N–H and O–H groups in total. The Morgan fingerprint density at radius 3 is 2.59 bits per heavy atom. The van der Waals surface area contributed by atoms with Gasteiger partial charge in [-0.05, 0) is 65.9 Å². The second-order valence-electron chi connectivity index (χ2n) is 10.2. The maximum Gasteiger partial charge on any atom is 0.257 e. The SMILES string of the molecule is Cc1cc(Nc2ccc(F)cc2)c(C=N)cc1C12CN(C(=O)c3cnn(C)c3)CC1C2c1ccccc1. The quantitative estimate of drug-likeness (QED) is 0.353. The first-order chi connectivity index (χ1) is 17.9. The zero-order chi connectivity index (χ0) is 25.7. The van der Waals surface area contributed by atoms with Crippen LogP contribution in [0.5, 0.6) is 0 Å². The molecule has 3 aromatic carbocycles. The van der Waals surface area contributed by atoms with Gasteiger partial charge in [-0.3, -0.25) is 9.48 Å². The van der Waals surface area contributed by atoms with E-state index >= 15 is 0 Å². The molecule has 6 nitrogen and oxygen atoms in total. The van der Waals surface area contributed by atoms with E-state index < -0.39 is 0 Å². The van der Waals surface area contributed by atoms with Crippen LogP contribution in [0.25, 0.3) is 0 Å². The number of piperidine rings is 1. The first-order valence-corrected chi connectivity index (χ1v) is 12.4. The lowest BCUT2D eigenvalue weighted by Crippen LogP contribution is -2.34. The summed E-state index contributed by atoms with van der Waals surface area (Å²) in [4.78, 5) is 15.3. The molecule has 2 aliphatic rings. The Bertz CT molecular complexity index is 1500. The van der Waals surface area contributed by atoms with E-state index in [2.05, 4.69) is 53.7 Å². The molecule has 1 aliphatic heterocycles. The molecule has 6 rings (SSSR count). The van der Waals surface area contributed by atoms with Gasteiger partial charge in [-0.15, -0.1) is 0 Å². The van der Waals surface area contributed by atoms with E-state index in [1.54, 1.807) is 29.2 Å². The van der Waals surface area contributed by atoms with Crippen LogP contribution in [0.1, 0.15) is 38.5 Å². The van der Waals surface area contributed by atoms with Crippen LogP contribution in [-0.2, 0) is 12.5 Å². The molecule has 3 atom stereocenters. The lowest BCUT2D eigenvalue weighted by molar-refractivity contribution is 0.0769. The minimum Gasteiger partial charge on any atom is -0.355 e. The lowest BCUT2D eigenvalue weighted by Gasteiger charge is -2.26. The second kappa shape index (κ2) is 8.69. The Morgan fingerprint density at radius 2 is 1.92 bits per heavy atom. The molecule has 3 unspecified atom stereocenters. The van der Waals surface area contributed by atoms with Crippen LogP contribution < -0.4 is 5.32 Å². The normalized spacial score (nSPS) is 22.0. The minimum absolute atomic E-state index is 0.00557. The van der Waals surface area contributed by atoms with Gasteiger partial charge >= 0.3 is 0 Å². The zero-order valence-corrected chi connectivity index (χ0v) is 20.8. The smallest absolute Gasteiger partial charge is 0.257 e. The molecule has 37 heavy (non-hydrogen) atoms. The minimum atomic E-state index is -0.290. The number of nitrogens with one attached hydrogen (secondary N) is 2. The summed E-state index contributed by atoms with van der Waals surface area (Å²) in [5.41, 5.74) is 6.27. The fourth-order valence-corrected chi connectivity index (χ4v) is 6.27. The second-order valence-corrected chi connectivity index (χ2v) is 10.2. The summed E-state index contributed by atoms with van der Waals surface area (Å²) in [7, 11) is 1.81. The van der Waals surface area contributed by atoms with Gasteiger partial charge in [0.05, 0.1) is 11.8 Å². The van der Waals surface area contributed by atoms with Crippen molar-refractivity contribution in [1.82, 2.24) is 14.7 Å². The molecule has 2 heterocycles. The number of anilines is 2. The van der Waals surface area contributed by atoms with Gasteiger partial charge in [0.15, 0.2) is 0 Å². The van der Waals surface area contributed by atoms with E-state index in [9.17, 15) is 9.18 Å². The highest BCUT2D eigenvalue weighted by Gasteiger charge is 2.71. The summed E-state index contributed by atoms with van der Waals surface area (Å²) in [5.74, 6) is 0.316. The first-order valence-electron chi connectivity index (χ1n) is 12.4. The van der Waals surface area contributed by atoms with Crippen LogP contribution in [0.4, 0.5) is 15.8 Å². The maximum atomic E-state index is 13.4. The number of likely N-dealkylation sites (tertiary alicyclic amines) is 1. The van der Waals surface area contributed by atoms with E-state index in [4.69, 9.17) is 5.41 Å². The number of fused-ring (bicyclic) bond motifs is 1. The molecule has 0 bridgehead atoms. The molecule has 1 aromatic heterocycles. The van der Waals surface area contributed by atoms with Crippen molar-refractivity contribution in [2.24, 2.45) is 13.0 Å². The summed E-state index contributed by atoms with van der Waals surface area (Å²) in [6.45, 7) is 3.40. The summed E-state index contributed by atoms with van der Waals surface area (Å²) in [5, 5.41) is 15.7. The van der Waals surface area contributed by atoms with Gasteiger partial charge in [-0.2, -0.15) is 5.10 Å². The van der Waals surface area contributed by atoms with Gasteiger partial charge in [0.2, 0.25) is 0 Å². The van der Waals surface area contributed by atoms with E-state index in [1.165, 1.54) is 29.5 Å². The molecule has 1 aliphatic carbocycles.